The maximum atomic E-state index is 13.5. The predicted octanol–water partition coefficient (Wildman–Crippen LogP) is 4.00. The first-order valence-electron chi connectivity index (χ1n) is 17.7. The van der Waals surface area contributed by atoms with Gasteiger partial charge in [0, 0.05) is 60.0 Å². The number of anilines is 3. The summed E-state index contributed by atoms with van der Waals surface area (Å²) in [5, 5.41) is 14.2. The Balaban J connectivity index is 0.996. The molecule has 3 aromatic rings. The first-order valence-corrected chi connectivity index (χ1v) is 18.6. The van der Waals surface area contributed by atoms with E-state index < -0.39 is 11.5 Å². The van der Waals surface area contributed by atoms with Crippen molar-refractivity contribution in [1.29, 1.82) is 0 Å². The summed E-state index contributed by atoms with van der Waals surface area (Å²) in [4.78, 5) is 72.7. The van der Waals surface area contributed by atoms with Crippen molar-refractivity contribution in [3.05, 3.63) is 64.8 Å². The molecule has 1 aliphatic heterocycles. The number of thiazole rings is 1. The summed E-state index contributed by atoms with van der Waals surface area (Å²) in [6.45, 7) is 1.70. The second-order valence-corrected chi connectivity index (χ2v) is 14.0. The quantitative estimate of drug-likeness (QED) is 0.0795. The van der Waals surface area contributed by atoms with Crippen LogP contribution < -0.4 is 21.3 Å². The van der Waals surface area contributed by atoms with Crippen LogP contribution in [0, 0.1) is 5.41 Å². The molecule has 4 N–H and O–H groups in total. The molecule has 2 fully saturated rings. The van der Waals surface area contributed by atoms with E-state index in [0.29, 0.717) is 61.5 Å². The van der Waals surface area contributed by atoms with Gasteiger partial charge in [-0.15, -0.1) is 11.3 Å². The zero-order valence-electron chi connectivity index (χ0n) is 29.5. The molecule has 0 bridgehead atoms. The number of carbonyl (C=O) groups is 5. The molecular weight excluding hydrogens is 687 g/mol. The van der Waals surface area contributed by atoms with Crippen molar-refractivity contribution in [3.8, 4) is 0 Å². The molecule has 14 nitrogen and oxygen atoms in total. The van der Waals surface area contributed by atoms with E-state index in [-0.39, 0.29) is 56.2 Å². The Morgan fingerprint density at radius 3 is 2.60 bits per heavy atom. The number of benzene rings is 1. The molecule has 3 heterocycles. The van der Waals surface area contributed by atoms with Crippen LogP contribution >= 0.6 is 11.3 Å². The van der Waals surface area contributed by atoms with Gasteiger partial charge in [-0.25, -0.2) is 9.97 Å². The van der Waals surface area contributed by atoms with Gasteiger partial charge in [-0.2, -0.15) is 0 Å². The molecule has 278 valence electrons. The van der Waals surface area contributed by atoms with Gasteiger partial charge >= 0.3 is 0 Å². The van der Waals surface area contributed by atoms with Crippen molar-refractivity contribution in [2.75, 3.05) is 50.7 Å². The molecule has 15 heteroatoms. The van der Waals surface area contributed by atoms with Crippen LogP contribution in [-0.2, 0) is 41.6 Å². The smallest absolute Gasteiger partial charge is 0.243 e. The van der Waals surface area contributed by atoms with E-state index in [2.05, 4.69) is 26.3 Å². The highest BCUT2D eigenvalue weighted by Gasteiger charge is 2.39. The number of ether oxygens (including phenoxy) is 2. The van der Waals surface area contributed by atoms with E-state index >= 15 is 0 Å². The van der Waals surface area contributed by atoms with Crippen LogP contribution in [0.5, 0.6) is 0 Å². The number of pyridine rings is 1. The largest absolute Gasteiger partial charge is 0.379 e. The lowest BCUT2D eigenvalue weighted by molar-refractivity contribution is -0.137. The normalized spacial score (nSPS) is 17.0. The van der Waals surface area contributed by atoms with E-state index in [0.717, 1.165) is 42.9 Å². The maximum absolute atomic E-state index is 13.5. The molecule has 5 rings (SSSR count). The highest BCUT2D eigenvalue weighted by atomic mass is 32.1. The predicted molar refractivity (Wildman–Crippen MR) is 196 cm³/mol. The number of carbonyl (C=O) groups excluding carboxylic acids is 5. The summed E-state index contributed by atoms with van der Waals surface area (Å²) in [6.07, 6.45) is 8.49. The number of nitrogens with zero attached hydrogens (tertiary/aromatic N) is 3. The Bertz CT molecular complexity index is 1680. The fourth-order valence-corrected chi connectivity index (χ4v) is 7.23. The molecule has 1 saturated heterocycles. The minimum absolute atomic E-state index is 0.0302. The standard InChI is InChI=1S/C37H47N7O7S/c1-44(30-11-12-32(46)43-34(30)48)24-28-26(25-45)7-5-9-29(28)41-33(47)13-18-50-20-21-51-19-16-38-35(49)37(14-3-2-4-15-37)23-27-8-6-10-31(40-27)42-36-39-17-22-52-36/h5-10,17,22,25,30H,2-4,11-16,18-21,23-24H2,1H3,(H,38,49)(H,41,47)(H,39,40,42)(H,43,46,48). The molecule has 52 heavy (non-hydrogen) atoms. The van der Waals surface area contributed by atoms with Crippen molar-refractivity contribution in [3.63, 3.8) is 0 Å². The van der Waals surface area contributed by atoms with Crippen LogP contribution in [0.15, 0.2) is 48.0 Å². The average Bonchev–Trinajstić information content (AvgIpc) is 3.65. The van der Waals surface area contributed by atoms with Crippen molar-refractivity contribution >= 4 is 57.9 Å². The summed E-state index contributed by atoms with van der Waals surface area (Å²) >= 11 is 1.50. The van der Waals surface area contributed by atoms with Gasteiger partial charge in [-0.05, 0) is 44.5 Å². The second-order valence-electron chi connectivity index (χ2n) is 13.1. The minimum atomic E-state index is -0.523. The molecule has 0 spiro atoms. The van der Waals surface area contributed by atoms with Crippen LogP contribution in [-0.4, -0.2) is 90.8 Å². The zero-order chi connectivity index (χ0) is 36.8. The Morgan fingerprint density at radius 1 is 1.06 bits per heavy atom. The van der Waals surface area contributed by atoms with Gasteiger partial charge in [0.25, 0.3) is 0 Å². The van der Waals surface area contributed by atoms with Crippen LogP contribution in [0.2, 0.25) is 0 Å². The van der Waals surface area contributed by atoms with Gasteiger partial charge in [-0.1, -0.05) is 37.5 Å². The van der Waals surface area contributed by atoms with Crippen LogP contribution in [0.3, 0.4) is 0 Å². The second kappa shape index (κ2) is 19.3. The van der Waals surface area contributed by atoms with Crippen molar-refractivity contribution < 1.29 is 33.4 Å². The van der Waals surface area contributed by atoms with Gasteiger partial charge in [0.05, 0.1) is 44.3 Å². The molecule has 2 aromatic heterocycles. The third-order valence-electron chi connectivity index (χ3n) is 9.43. The topological polar surface area (TPSA) is 181 Å². The number of hydrogen-bond donors (Lipinski definition) is 4. The number of amides is 4. The highest BCUT2D eigenvalue weighted by Crippen LogP contribution is 2.39. The molecule has 0 radical (unpaired) electrons. The molecule has 1 unspecified atom stereocenters. The summed E-state index contributed by atoms with van der Waals surface area (Å²) in [7, 11) is 1.74. The number of aldehydes is 1. The lowest BCUT2D eigenvalue weighted by Gasteiger charge is -2.35. The van der Waals surface area contributed by atoms with Crippen molar-refractivity contribution in [1.82, 2.24) is 25.5 Å². The van der Waals surface area contributed by atoms with E-state index in [9.17, 15) is 24.0 Å². The number of nitrogens with one attached hydrogen (secondary N) is 4. The van der Waals surface area contributed by atoms with E-state index in [4.69, 9.17) is 14.5 Å². The average molecular weight is 734 g/mol. The number of piperidine rings is 1. The van der Waals surface area contributed by atoms with Gasteiger partial charge in [-0.3, -0.25) is 34.2 Å². The molecule has 1 aromatic carbocycles. The van der Waals surface area contributed by atoms with E-state index in [1.807, 2.05) is 23.6 Å². The zero-order valence-corrected chi connectivity index (χ0v) is 30.3. The van der Waals surface area contributed by atoms with Crippen molar-refractivity contribution in [2.45, 2.75) is 70.4 Å². The monoisotopic (exact) mass is 733 g/mol. The maximum Gasteiger partial charge on any atom is 0.243 e. The molecule has 1 saturated carbocycles. The first-order chi connectivity index (χ1) is 25.3. The summed E-state index contributed by atoms with van der Waals surface area (Å²) in [6, 6.07) is 10.3. The van der Waals surface area contributed by atoms with Crippen LogP contribution in [0.1, 0.15) is 73.0 Å². The van der Waals surface area contributed by atoms with E-state index in [1.165, 1.54) is 11.3 Å². The highest BCUT2D eigenvalue weighted by molar-refractivity contribution is 7.13. The number of imide groups is 1. The van der Waals surface area contributed by atoms with Crippen LogP contribution in [0.25, 0.3) is 0 Å². The number of rotatable bonds is 19. The lowest BCUT2D eigenvalue weighted by Crippen LogP contribution is -2.51. The molecule has 1 atom stereocenters. The Hall–Kier alpha value is -4.57. The molecule has 1 aliphatic carbocycles. The Kier molecular flexibility index (Phi) is 14.4. The Morgan fingerprint density at radius 2 is 1.85 bits per heavy atom. The van der Waals surface area contributed by atoms with Gasteiger partial charge in [0.15, 0.2) is 5.13 Å². The summed E-state index contributed by atoms with van der Waals surface area (Å²) in [5.41, 5.74) is 1.82. The number of hydrogen-bond acceptors (Lipinski definition) is 12. The van der Waals surface area contributed by atoms with Gasteiger partial charge in [0.2, 0.25) is 23.6 Å². The Labute approximate surface area is 307 Å². The summed E-state index contributed by atoms with van der Waals surface area (Å²) < 4.78 is 11.3. The first kappa shape index (κ1) is 38.7. The fraction of sp³-hybridized carbons (Fsp3) is 0.486. The van der Waals surface area contributed by atoms with Crippen molar-refractivity contribution in [2.24, 2.45) is 5.41 Å². The SMILES string of the molecule is CN(Cc1c(C=O)cccc1NC(=O)CCOCCOCCNC(=O)C1(Cc2cccc(Nc3nccs3)n2)CCCCC1)C1CCC(=O)NC1=O. The molecule has 2 aliphatic rings. The van der Waals surface area contributed by atoms with Gasteiger partial charge in [0.1, 0.15) is 12.1 Å². The fourth-order valence-electron chi connectivity index (χ4n) is 6.70. The summed E-state index contributed by atoms with van der Waals surface area (Å²) in [5.74, 6) is -0.224. The third kappa shape index (κ3) is 11.0. The minimum Gasteiger partial charge on any atom is -0.379 e. The van der Waals surface area contributed by atoms with E-state index in [1.54, 1.807) is 36.3 Å². The van der Waals surface area contributed by atoms with Crippen LogP contribution in [0.4, 0.5) is 16.6 Å². The number of likely N-dealkylation sites (N-methyl/N-ethyl adjacent to an activating group) is 1. The van der Waals surface area contributed by atoms with Gasteiger partial charge < -0.3 is 25.4 Å². The molecular formula is C37H47N7O7S. The molecule has 4 amide bonds. The lowest BCUT2D eigenvalue weighted by atomic mass is 9.70. The third-order valence-corrected chi connectivity index (χ3v) is 10.1. The number of aromatic nitrogens is 2.